The number of benzene rings is 1. The molecule has 0 bridgehead atoms. The van der Waals surface area contributed by atoms with E-state index in [0.717, 1.165) is 9.21 Å². The van der Waals surface area contributed by atoms with Gasteiger partial charge < -0.3 is 10.5 Å². The van der Waals surface area contributed by atoms with E-state index in [0.29, 0.717) is 23.1 Å². The predicted molar refractivity (Wildman–Crippen MR) is 69.5 cm³/mol. The Morgan fingerprint density at radius 2 is 2.00 bits per heavy atom. The van der Waals surface area contributed by atoms with Gasteiger partial charge in [-0.25, -0.2) is 0 Å². The van der Waals surface area contributed by atoms with E-state index in [4.69, 9.17) is 33.7 Å². The van der Waals surface area contributed by atoms with Crippen LogP contribution >= 0.6 is 34.5 Å². The normalized spacial score (nSPS) is 10.4. The molecule has 0 radical (unpaired) electrons. The van der Waals surface area contributed by atoms with Gasteiger partial charge in [-0.2, -0.15) is 0 Å². The van der Waals surface area contributed by atoms with Gasteiger partial charge in [0.25, 0.3) is 0 Å². The highest BCUT2D eigenvalue weighted by molar-refractivity contribution is 7.16. The van der Waals surface area contributed by atoms with Gasteiger partial charge in [-0.3, -0.25) is 0 Å². The second-order valence-electron chi connectivity index (χ2n) is 3.18. The third kappa shape index (κ3) is 2.82. The first-order chi connectivity index (χ1) is 7.65. The van der Waals surface area contributed by atoms with Crippen LogP contribution in [0.2, 0.25) is 9.36 Å². The second kappa shape index (κ2) is 4.95. The highest BCUT2D eigenvalue weighted by Gasteiger charge is 2.03. The minimum atomic E-state index is 0.446. The van der Waals surface area contributed by atoms with Crippen molar-refractivity contribution in [3.63, 3.8) is 0 Å². The Labute approximate surface area is 108 Å². The van der Waals surface area contributed by atoms with Crippen molar-refractivity contribution in [3.8, 4) is 5.75 Å². The summed E-state index contributed by atoms with van der Waals surface area (Å²) in [6.07, 6.45) is 0. The van der Waals surface area contributed by atoms with Crippen LogP contribution in [0.15, 0.2) is 30.3 Å². The molecule has 5 heteroatoms. The van der Waals surface area contributed by atoms with Crippen molar-refractivity contribution in [2.24, 2.45) is 0 Å². The van der Waals surface area contributed by atoms with Gasteiger partial charge in [-0.1, -0.05) is 23.2 Å². The van der Waals surface area contributed by atoms with Gasteiger partial charge in [0.05, 0.1) is 10.0 Å². The zero-order valence-corrected chi connectivity index (χ0v) is 10.6. The van der Waals surface area contributed by atoms with Gasteiger partial charge in [0.1, 0.15) is 12.4 Å². The summed E-state index contributed by atoms with van der Waals surface area (Å²) in [5, 5.41) is 0.605. The number of thiophene rings is 1. The Balaban J connectivity index is 2.07. The second-order valence-corrected chi connectivity index (χ2v) is 5.41. The van der Waals surface area contributed by atoms with Crippen LogP contribution in [0.5, 0.6) is 5.75 Å². The van der Waals surface area contributed by atoms with Crippen LogP contribution in [0.4, 0.5) is 5.69 Å². The molecule has 84 valence electrons. The standard InChI is InChI=1S/C11H9Cl2NOS/c12-7-1-3-9(14)10(5-7)15-6-8-2-4-11(13)16-8/h1-5H,6,14H2. The number of anilines is 1. The van der Waals surface area contributed by atoms with Crippen molar-refractivity contribution in [1.29, 1.82) is 0 Å². The molecule has 2 aromatic rings. The molecule has 2 rings (SSSR count). The van der Waals surface area contributed by atoms with Gasteiger partial charge in [-0.05, 0) is 24.3 Å². The topological polar surface area (TPSA) is 35.2 Å². The van der Waals surface area contributed by atoms with Gasteiger partial charge in [0, 0.05) is 16.0 Å². The molecule has 0 amide bonds. The number of ether oxygens (including phenoxy) is 1. The molecular weight excluding hydrogens is 265 g/mol. The maximum Gasteiger partial charge on any atom is 0.144 e. The van der Waals surface area contributed by atoms with E-state index in [9.17, 15) is 0 Å². The van der Waals surface area contributed by atoms with E-state index in [-0.39, 0.29) is 0 Å². The molecule has 1 heterocycles. The largest absolute Gasteiger partial charge is 0.486 e. The first-order valence-corrected chi connectivity index (χ1v) is 6.14. The van der Waals surface area contributed by atoms with E-state index in [1.54, 1.807) is 18.2 Å². The number of nitrogens with two attached hydrogens (primary N) is 1. The third-order valence-electron chi connectivity index (χ3n) is 1.97. The van der Waals surface area contributed by atoms with Gasteiger partial charge >= 0.3 is 0 Å². The third-order valence-corrected chi connectivity index (χ3v) is 3.41. The summed E-state index contributed by atoms with van der Waals surface area (Å²) in [6, 6.07) is 8.91. The molecule has 0 aliphatic rings. The zero-order chi connectivity index (χ0) is 11.5. The van der Waals surface area contributed by atoms with E-state index in [2.05, 4.69) is 0 Å². The smallest absolute Gasteiger partial charge is 0.144 e. The molecule has 16 heavy (non-hydrogen) atoms. The Bertz CT molecular complexity index is 498. The van der Waals surface area contributed by atoms with E-state index in [1.807, 2.05) is 12.1 Å². The molecule has 0 aliphatic carbocycles. The van der Waals surface area contributed by atoms with Crippen molar-refractivity contribution in [1.82, 2.24) is 0 Å². The van der Waals surface area contributed by atoms with E-state index in [1.165, 1.54) is 11.3 Å². The molecule has 1 aromatic carbocycles. The van der Waals surface area contributed by atoms with Crippen LogP contribution < -0.4 is 10.5 Å². The lowest BCUT2D eigenvalue weighted by Crippen LogP contribution is -1.96. The average Bonchev–Trinajstić information content (AvgIpc) is 2.66. The van der Waals surface area contributed by atoms with Crippen molar-refractivity contribution >= 4 is 40.2 Å². The van der Waals surface area contributed by atoms with Crippen LogP contribution in [-0.2, 0) is 6.61 Å². The number of hydrogen-bond donors (Lipinski definition) is 1. The Hall–Kier alpha value is -0.900. The van der Waals surface area contributed by atoms with Crippen LogP contribution in [0.3, 0.4) is 0 Å². The van der Waals surface area contributed by atoms with Crippen LogP contribution in [-0.4, -0.2) is 0 Å². The summed E-state index contributed by atoms with van der Waals surface area (Å²) in [6.45, 7) is 0.446. The first kappa shape index (κ1) is 11.6. The molecule has 0 saturated heterocycles. The summed E-state index contributed by atoms with van der Waals surface area (Å²) in [4.78, 5) is 1.05. The van der Waals surface area contributed by atoms with Gasteiger partial charge in [-0.15, -0.1) is 11.3 Å². The van der Waals surface area contributed by atoms with Gasteiger partial charge in [0.2, 0.25) is 0 Å². The Morgan fingerprint density at radius 1 is 1.19 bits per heavy atom. The summed E-state index contributed by atoms with van der Waals surface area (Å²) < 4.78 is 6.31. The summed E-state index contributed by atoms with van der Waals surface area (Å²) in [7, 11) is 0. The van der Waals surface area contributed by atoms with E-state index >= 15 is 0 Å². The van der Waals surface area contributed by atoms with Crippen molar-refractivity contribution in [3.05, 3.63) is 44.6 Å². The first-order valence-electron chi connectivity index (χ1n) is 4.57. The average molecular weight is 274 g/mol. The monoisotopic (exact) mass is 273 g/mol. The van der Waals surface area contributed by atoms with Crippen molar-refractivity contribution < 1.29 is 4.74 Å². The highest BCUT2D eigenvalue weighted by Crippen LogP contribution is 2.28. The minimum absolute atomic E-state index is 0.446. The molecular formula is C11H9Cl2NOS. The highest BCUT2D eigenvalue weighted by atomic mass is 35.5. The molecule has 0 atom stereocenters. The fraction of sp³-hybridized carbons (Fsp3) is 0.0909. The molecule has 0 spiro atoms. The number of hydrogen-bond acceptors (Lipinski definition) is 3. The Kier molecular flexibility index (Phi) is 3.59. The number of rotatable bonds is 3. The van der Waals surface area contributed by atoms with Crippen molar-refractivity contribution in [2.45, 2.75) is 6.61 Å². The SMILES string of the molecule is Nc1ccc(Cl)cc1OCc1ccc(Cl)s1. The van der Waals surface area contributed by atoms with Crippen molar-refractivity contribution in [2.75, 3.05) is 5.73 Å². The lowest BCUT2D eigenvalue weighted by Gasteiger charge is -2.07. The van der Waals surface area contributed by atoms with E-state index < -0.39 is 0 Å². The molecule has 2 nitrogen and oxygen atoms in total. The molecule has 0 unspecified atom stereocenters. The lowest BCUT2D eigenvalue weighted by atomic mass is 10.3. The van der Waals surface area contributed by atoms with Crippen LogP contribution in [0, 0.1) is 0 Å². The van der Waals surface area contributed by atoms with Crippen LogP contribution in [0.25, 0.3) is 0 Å². The maximum absolute atomic E-state index is 5.85. The maximum atomic E-state index is 5.85. The molecule has 1 aromatic heterocycles. The summed E-state index contributed by atoms with van der Waals surface area (Å²) in [5.74, 6) is 0.594. The molecule has 2 N–H and O–H groups in total. The summed E-state index contributed by atoms with van der Waals surface area (Å²) in [5.41, 5.74) is 6.33. The fourth-order valence-corrected chi connectivity index (χ4v) is 2.37. The molecule has 0 saturated carbocycles. The molecule has 0 aliphatic heterocycles. The van der Waals surface area contributed by atoms with Gasteiger partial charge in [0.15, 0.2) is 0 Å². The lowest BCUT2D eigenvalue weighted by molar-refractivity contribution is 0.311. The van der Waals surface area contributed by atoms with Crippen LogP contribution in [0.1, 0.15) is 4.88 Å². The summed E-state index contributed by atoms with van der Waals surface area (Å²) >= 11 is 13.1. The fourth-order valence-electron chi connectivity index (χ4n) is 1.21. The predicted octanol–water partition coefficient (Wildman–Crippen LogP) is 4.22. The Morgan fingerprint density at radius 3 is 2.69 bits per heavy atom. The number of nitrogen functional groups attached to an aromatic ring is 1. The number of halogens is 2. The zero-order valence-electron chi connectivity index (χ0n) is 8.24. The minimum Gasteiger partial charge on any atom is -0.486 e. The quantitative estimate of drug-likeness (QED) is 0.850. The molecule has 0 fully saturated rings.